The molecule has 2 rings (SSSR count). The van der Waals surface area contributed by atoms with Gasteiger partial charge in [-0.3, -0.25) is 0 Å². The largest absolute Gasteiger partial charge is 0.550 e. The molecule has 0 aromatic rings. The third-order valence-corrected chi connectivity index (χ3v) is 4.11. The first-order valence-electron chi connectivity index (χ1n) is 5.27. The van der Waals surface area contributed by atoms with Gasteiger partial charge in [0.15, 0.2) is 0 Å². The maximum absolute atomic E-state index is 11.4. The molecule has 2 heteroatoms. The smallest absolute Gasteiger partial charge is 0.0487 e. The number of aliphatic carboxylic acids is 1. The first kappa shape index (κ1) is 9.75. The van der Waals surface area contributed by atoms with Gasteiger partial charge in [-0.25, -0.2) is 0 Å². The topological polar surface area (TPSA) is 40.1 Å². The van der Waals surface area contributed by atoms with Gasteiger partial charge in [-0.1, -0.05) is 32.4 Å². The SMILES string of the molecule is CC(C)(C)C1(C(=O)[O-])CC2=CCC1C2. The van der Waals surface area contributed by atoms with Crippen LogP contribution in [0.3, 0.4) is 0 Å². The quantitative estimate of drug-likeness (QED) is 0.592. The van der Waals surface area contributed by atoms with E-state index in [1.54, 1.807) is 0 Å². The number of allylic oxidation sites excluding steroid dienone is 2. The predicted octanol–water partition coefficient (Wildman–Crippen LogP) is 1.51. The maximum atomic E-state index is 11.4. The summed E-state index contributed by atoms with van der Waals surface area (Å²) in [6, 6.07) is 0. The second kappa shape index (κ2) is 2.62. The van der Waals surface area contributed by atoms with Gasteiger partial charge in [-0.15, -0.1) is 0 Å². The second-order valence-electron chi connectivity index (χ2n) is 5.68. The van der Waals surface area contributed by atoms with Crippen molar-refractivity contribution in [2.45, 2.75) is 40.0 Å². The molecule has 0 aromatic heterocycles. The molecule has 1 saturated carbocycles. The lowest BCUT2D eigenvalue weighted by molar-refractivity contribution is -0.327. The van der Waals surface area contributed by atoms with Crippen molar-refractivity contribution >= 4 is 5.97 Å². The zero-order chi connectivity index (χ0) is 10.6. The van der Waals surface area contributed by atoms with Gasteiger partial charge in [0, 0.05) is 11.4 Å². The molecule has 14 heavy (non-hydrogen) atoms. The van der Waals surface area contributed by atoms with Crippen molar-refractivity contribution in [3.63, 3.8) is 0 Å². The van der Waals surface area contributed by atoms with Crippen LogP contribution in [0.2, 0.25) is 0 Å². The molecule has 2 nitrogen and oxygen atoms in total. The van der Waals surface area contributed by atoms with E-state index in [-0.39, 0.29) is 11.3 Å². The minimum Gasteiger partial charge on any atom is -0.550 e. The molecule has 1 fully saturated rings. The second-order valence-corrected chi connectivity index (χ2v) is 5.68. The Balaban J connectivity index is 2.45. The molecule has 0 N–H and O–H groups in total. The van der Waals surface area contributed by atoms with Crippen LogP contribution >= 0.6 is 0 Å². The summed E-state index contributed by atoms with van der Waals surface area (Å²) in [5.41, 5.74) is 0.512. The molecule has 0 aromatic carbocycles. The Bertz CT molecular complexity index is 309. The van der Waals surface area contributed by atoms with Crippen molar-refractivity contribution in [1.82, 2.24) is 0 Å². The van der Waals surface area contributed by atoms with E-state index in [4.69, 9.17) is 0 Å². The lowest BCUT2D eigenvalue weighted by atomic mass is 9.59. The highest BCUT2D eigenvalue weighted by molar-refractivity contribution is 5.76. The number of carbonyl (C=O) groups excluding carboxylic acids is 1. The van der Waals surface area contributed by atoms with Gasteiger partial charge in [0.05, 0.1) is 0 Å². The van der Waals surface area contributed by atoms with Gasteiger partial charge in [-0.05, 0) is 30.6 Å². The number of hydrogen-bond donors (Lipinski definition) is 0. The van der Waals surface area contributed by atoms with E-state index in [0.29, 0.717) is 6.42 Å². The maximum Gasteiger partial charge on any atom is 0.0487 e. The summed E-state index contributed by atoms with van der Waals surface area (Å²) in [4.78, 5) is 11.4. The summed E-state index contributed by atoms with van der Waals surface area (Å²) in [6.07, 6.45) is 4.83. The summed E-state index contributed by atoms with van der Waals surface area (Å²) in [5, 5.41) is 11.4. The van der Waals surface area contributed by atoms with E-state index in [1.807, 2.05) is 20.8 Å². The van der Waals surface area contributed by atoms with Crippen LogP contribution in [0.4, 0.5) is 0 Å². The monoisotopic (exact) mass is 193 g/mol. The predicted molar refractivity (Wildman–Crippen MR) is 52.3 cm³/mol. The fraction of sp³-hybridized carbons (Fsp3) is 0.750. The van der Waals surface area contributed by atoms with E-state index >= 15 is 0 Å². The van der Waals surface area contributed by atoms with Crippen LogP contribution in [0, 0.1) is 16.7 Å². The van der Waals surface area contributed by atoms with Gasteiger partial charge < -0.3 is 9.90 Å². The highest BCUT2D eigenvalue weighted by Crippen LogP contribution is 2.60. The molecule has 0 aliphatic heterocycles. The Morgan fingerprint density at radius 2 is 2.21 bits per heavy atom. The highest BCUT2D eigenvalue weighted by Gasteiger charge is 2.54. The van der Waals surface area contributed by atoms with Crippen LogP contribution in [0.15, 0.2) is 11.6 Å². The number of carbonyl (C=O) groups is 1. The molecule has 2 atom stereocenters. The van der Waals surface area contributed by atoms with Crippen molar-refractivity contribution in [3.05, 3.63) is 11.6 Å². The highest BCUT2D eigenvalue weighted by atomic mass is 16.4. The fourth-order valence-electron chi connectivity index (χ4n) is 3.24. The van der Waals surface area contributed by atoms with Gasteiger partial charge in [0.25, 0.3) is 0 Å². The lowest BCUT2D eigenvalue weighted by Gasteiger charge is -2.47. The zero-order valence-corrected chi connectivity index (χ0v) is 9.09. The van der Waals surface area contributed by atoms with Crippen LogP contribution < -0.4 is 5.11 Å². The van der Waals surface area contributed by atoms with Crippen molar-refractivity contribution in [2.75, 3.05) is 0 Å². The zero-order valence-electron chi connectivity index (χ0n) is 9.09. The summed E-state index contributed by atoms with van der Waals surface area (Å²) in [5.74, 6) is -0.569. The van der Waals surface area contributed by atoms with Crippen LogP contribution in [0.5, 0.6) is 0 Å². The molecule has 0 saturated heterocycles. The molecule has 0 heterocycles. The van der Waals surface area contributed by atoms with Gasteiger partial charge >= 0.3 is 0 Å². The van der Waals surface area contributed by atoms with Crippen molar-refractivity contribution in [1.29, 1.82) is 0 Å². The Morgan fingerprint density at radius 3 is 2.43 bits per heavy atom. The van der Waals surface area contributed by atoms with E-state index < -0.39 is 11.4 Å². The van der Waals surface area contributed by atoms with E-state index in [1.165, 1.54) is 5.57 Å². The average Bonchev–Trinajstić information content (AvgIpc) is 2.59. The molecule has 0 amide bonds. The van der Waals surface area contributed by atoms with Gasteiger partial charge in [-0.2, -0.15) is 0 Å². The van der Waals surface area contributed by atoms with Crippen LogP contribution in [-0.4, -0.2) is 5.97 Å². The molecule has 0 radical (unpaired) electrons. The number of carboxylic acids is 1. The molecule has 2 aliphatic carbocycles. The van der Waals surface area contributed by atoms with E-state index in [2.05, 4.69) is 6.08 Å². The third kappa shape index (κ3) is 0.999. The summed E-state index contributed by atoms with van der Waals surface area (Å²) < 4.78 is 0. The number of fused-ring (bicyclic) bond motifs is 2. The van der Waals surface area contributed by atoms with E-state index in [9.17, 15) is 9.90 Å². The normalized spacial score (nSPS) is 35.9. The van der Waals surface area contributed by atoms with Crippen molar-refractivity contribution < 1.29 is 9.90 Å². The minimum absolute atomic E-state index is 0.202. The van der Waals surface area contributed by atoms with Crippen LogP contribution in [0.25, 0.3) is 0 Å². The summed E-state index contributed by atoms with van der Waals surface area (Å²) in [6.45, 7) is 6.05. The standard InChI is InChI=1S/C12H18O2/c1-11(2,3)12(10(13)14)7-8-4-5-9(12)6-8/h4,9H,5-7H2,1-3H3,(H,13,14)/p-1. The van der Waals surface area contributed by atoms with Crippen LogP contribution in [0.1, 0.15) is 40.0 Å². The first-order chi connectivity index (χ1) is 6.38. The Hall–Kier alpha value is -0.790. The fourth-order valence-corrected chi connectivity index (χ4v) is 3.24. The number of carboxylic acid groups (broad SMARTS) is 1. The Kier molecular flexibility index (Phi) is 1.82. The molecular formula is C12H17O2-. The molecule has 0 spiro atoms. The van der Waals surface area contributed by atoms with Crippen molar-refractivity contribution in [2.24, 2.45) is 16.7 Å². The first-order valence-corrected chi connectivity index (χ1v) is 5.27. The summed E-state index contributed by atoms with van der Waals surface area (Å²) >= 11 is 0. The van der Waals surface area contributed by atoms with Gasteiger partial charge in [0.2, 0.25) is 0 Å². The molecule has 78 valence electrons. The lowest BCUT2D eigenvalue weighted by Crippen LogP contribution is -2.53. The number of rotatable bonds is 1. The molecule has 2 aliphatic rings. The van der Waals surface area contributed by atoms with Crippen LogP contribution in [-0.2, 0) is 4.79 Å². The average molecular weight is 193 g/mol. The molecular weight excluding hydrogens is 176 g/mol. The molecule has 2 unspecified atom stereocenters. The minimum atomic E-state index is -0.849. The van der Waals surface area contributed by atoms with Gasteiger partial charge in [0.1, 0.15) is 0 Å². The van der Waals surface area contributed by atoms with Crippen molar-refractivity contribution in [3.8, 4) is 0 Å². The Morgan fingerprint density at radius 1 is 1.57 bits per heavy atom. The molecule has 2 bridgehead atoms. The summed E-state index contributed by atoms with van der Waals surface area (Å²) in [7, 11) is 0. The number of hydrogen-bond acceptors (Lipinski definition) is 2. The van der Waals surface area contributed by atoms with E-state index in [0.717, 1.165) is 12.8 Å². The Labute approximate surface area is 85.0 Å². The third-order valence-electron chi connectivity index (χ3n) is 4.11.